The highest BCUT2D eigenvalue weighted by molar-refractivity contribution is 5.94. The van der Waals surface area contributed by atoms with Crippen LogP contribution in [-0.4, -0.2) is 13.0 Å². The summed E-state index contributed by atoms with van der Waals surface area (Å²) in [6.07, 6.45) is 0. The molecule has 1 N–H and O–H groups in total. The Hall–Kier alpha value is -1.51. The fourth-order valence-corrected chi connectivity index (χ4v) is 1.22. The average molecular weight is 221 g/mol. The number of methoxy groups -OCH3 is 1. The molecule has 1 amide bonds. The Morgan fingerprint density at radius 1 is 1.31 bits per heavy atom. The number of hydrogen-bond acceptors (Lipinski definition) is 2. The van der Waals surface area contributed by atoms with Crippen molar-refractivity contribution >= 4 is 11.6 Å². The van der Waals surface area contributed by atoms with Gasteiger partial charge in [-0.25, -0.2) is 0 Å². The first-order chi connectivity index (χ1) is 7.34. The minimum atomic E-state index is -0.391. The van der Waals surface area contributed by atoms with Gasteiger partial charge in [-0.3, -0.25) is 4.79 Å². The Balaban J connectivity index is 2.87. The molecule has 0 fully saturated rings. The SMILES string of the molecule is COc1cc(NC(=O)C(C)(C)C)ccc1C. The molecule has 3 nitrogen and oxygen atoms in total. The molecule has 1 aromatic rings. The Morgan fingerprint density at radius 2 is 1.94 bits per heavy atom. The first-order valence-electron chi connectivity index (χ1n) is 5.30. The van der Waals surface area contributed by atoms with Gasteiger partial charge in [0.2, 0.25) is 5.91 Å². The highest BCUT2D eigenvalue weighted by Crippen LogP contribution is 2.24. The molecule has 0 unspecified atom stereocenters. The van der Waals surface area contributed by atoms with E-state index in [-0.39, 0.29) is 5.91 Å². The lowest BCUT2D eigenvalue weighted by molar-refractivity contribution is -0.123. The molecule has 1 aromatic carbocycles. The minimum absolute atomic E-state index is 0.00148. The van der Waals surface area contributed by atoms with Crippen LogP contribution in [0, 0.1) is 12.3 Å². The van der Waals surface area contributed by atoms with Crippen molar-refractivity contribution in [2.45, 2.75) is 27.7 Å². The summed E-state index contributed by atoms with van der Waals surface area (Å²) in [7, 11) is 1.62. The van der Waals surface area contributed by atoms with Gasteiger partial charge in [0, 0.05) is 17.2 Å². The van der Waals surface area contributed by atoms with E-state index in [0.29, 0.717) is 0 Å². The van der Waals surface area contributed by atoms with Crippen LogP contribution in [0.25, 0.3) is 0 Å². The lowest BCUT2D eigenvalue weighted by atomic mass is 9.95. The van der Waals surface area contributed by atoms with Gasteiger partial charge in [-0.2, -0.15) is 0 Å². The number of anilines is 1. The molecular formula is C13H19NO2. The van der Waals surface area contributed by atoms with Crippen LogP contribution in [0.3, 0.4) is 0 Å². The van der Waals surface area contributed by atoms with E-state index in [9.17, 15) is 4.79 Å². The van der Waals surface area contributed by atoms with Crippen molar-refractivity contribution < 1.29 is 9.53 Å². The van der Waals surface area contributed by atoms with Crippen LogP contribution in [0.4, 0.5) is 5.69 Å². The Labute approximate surface area is 96.8 Å². The molecule has 0 atom stereocenters. The first-order valence-corrected chi connectivity index (χ1v) is 5.30. The van der Waals surface area contributed by atoms with Crippen molar-refractivity contribution in [2.24, 2.45) is 5.41 Å². The Morgan fingerprint density at radius 3 is 2.44 bits per heavy atom. The summed E-state index contributed by atoms with van der Waals surface area (Å²) in [6.45, 7) is 7.61. The van der Waals surface area contributed by atoms with E-state index in [4.69, 9.17) is 4.74 Å². The predicted molar refractivity (Wildman–Crippen MR) is 65.8 cm³/mol. The number of amides is 1. The summed E-state index contributed by atoms with van der Waals surface area (Å²) < 4.78 is 5.20. The van der Waals surface area contributed by atoms with E-state index in [1.807, 2.05) is 45.9 Å². The van der Waals surface area contributed by atoms with E-state index in [0.717, 1.165) is 17.0 Å². The van der Waals surface area contributed by atoms with E-state index in [1.54, 1.807) is 7.11 Å². The van der Waals surface area contributed by atoms with Gasteiger partial charge in [-0.15, -0.1) is 0 Å². The van der Waals surface area contributed by atoms with Crippen molar-refractivity contribution in [1.82, 2.24) is 0 Å². The van der Waals surface area contributed by atoms with Gasteiger partial charge in [-0.1, -0.05) is 26.8 Å². The van der Waals surface area contributed by atoms with Crippen LogP contribution in [0.5, 0.6) is 5.75 Å². The molecule has 3 heteroatoms. The zero-order valence-corrected chi connectivity index (χ0v) is 10.5. The number of benzene rings is 1. The summed E-state index contributed by atoms with van der Waals surface area (Å²) in [5, 5.41) is 2.86. The molecule has 0 aliphatic rings. The summed E-state index contributed by atoms with van der Waals surface area (Å²) in [5.74, 6) is 0.783. The second-order valence-corrected chi connectivity index (χ2v) is 4.89. The highest BCUT2D eigenvalue weighted by Gasteiger charge is 2.21. The third-order valence-corrected chi connectivity index (χ3v) is 2.35. The van der Waals surface area contributed by atoms with Crippen LogP contribution in [0.15, 0.2) is 18.2 Å². The molecule has 0 aromatic heterocycles. The van der Waals surface area contributed by atoms with E-state index >= 15 is 0 Å². The van der Waals surface area contributed by atoms with Crippen molar-refractivity contribution in [2.75, 3.05) is 12.4 Å². The minimum Gasteiger partial charge on any atom is -0.496 e. The molecule has 1 rings (SSSR count). The second-order valence-electron chi connectivity index (χ2n) is 4.89. The maximum Gasteiger partial charge on any atom is 0.229 e. The standard InChI is InChI=1S/C13H19NO2/c1-9-6-7-10(8-11(9)16-5)14-12(15)13(2,3)4/h6-8H,1-5H3,(H,14,15). The molecule has 0 saturated carbocycles. The summed E-state index contributed by atoms with van der Waals surface area (Å²) in [6, 6.07) is 5.64. The maximum absolute atomic E-state index is 11.8. The molecule has 0 spiro atoms. The van der Waals surface area contributed by atoms with Crippen molar-refractivity contribution in [3.8, 4) is 5.75 Å². The van der Waals surface area contributed by atoms with Gasteiger partial charge in [0.25, 0.3) is 0 Å². The van der Waals surface area contributed by atoms with E-state index < -0.39 is 5.41 Å². The molecule has 0 saturated heterocycles. The third-order valence-electron chi connectivity index (χ3n) is 2.35. The molecule has 0 heterocycles. The van der Waals surface area contributed by atoms with E-state index in [2.05, 4.69) is 5.32 Å². The third kappa shape index (κ3) is 2.99. The van der Waals surface area contributed by atoms with Gasteiger partial charge in [0.05, 0.1) is 7.11 Å². The molecular weight excluding hydrogens is 202 g/mol. The first kappa shape index (κ1) is 12.6. The summed E-state index contributed by atoms with van der Waals surface area (Å²) in [5.41, 5.74) is 1.43. The summed E-state index contributed by atoms with van der Waals surface area (Å²) >= 11 is 0. The van der Waals surface area contributed by atoms with Gasteiger partial charge in [0.15, 0.2) is 0 Å². The second kappa shape index (κ2) is 4.56. The van der Waals surface area contributed by atoms with Crippen LogP contribution in [-0.2, 0) is 4.79 Å². The molecule has 0 aliphatic heterocycles. The van der Waals surface area contributed by atoms with Crippen molar-refractivity contribution in [3.63, 3.8) is 0 Å². The molecule has 88 valence electrons. The maximum atomic E-state index is 11.8. The van der Waals surface area contributed by atoms with Crippen LogP contribution in [0.2, 0.25) is 0 Å². The molecule has 0 aliphatic carbocycles. The molecule has 0 radical (unpaired) electrons. The van der Waals surface area contributed by atoms with Gasteiger partial charge in [0.1, 0.15) is 5.75 Å². The fraction of sp³-hybridized carbons (Fsp3) is 0.462. The monoisotopic (exact) mass is 221 g/mol. The molecule has 0 bridgehead atoms. The number of hydrogen-bond donors (Lipinski definition) is 1. The number of ether oxygens (including phenoxy) is 1. The zero-order chi connectivity index (χ0) is 12.3. The normalized spacial score (nSPS) is 11.1. The number of rotatable bonds is 2. The zero-order valence-electron chi connectivity index (χ0n) is 10.5. The summed E-state index contributed by atoms with van der Waals surface area (Å²) in [4.78, 5) is 11.8. The number of carbonyl (C=O) groups is 1. The van der Waals surface area contributed by atoms with Crippen LogP contribution < -0.4 is 10.1 Å². The highest BCUT2D eigenvalue weighted by atomic mass is 16.5. The van der Waals surface area contributed by atoms with Crippen molar-refractivity contribution in [1.29, 1.82) is 0 Å². The van der Waals surface area contributed by atoms with Crippen LogP contribution >= 0.6 is 0 Å². The largest absolute Gasteiger partial charge is 0.496 e. The number of carbonyl (C=O) groups excluding carboxylic acids is 1. The van der Waals surface area contributed by atoms with E-state index in [1.165, 1.54) is 0 Å². The fourth-order valence-electron chi connectivity index (χ4n) is 1.22. The average Bonchev–Trinajstić information content (AvgIpc) is 2.19. The topological polar surface area (TPSA) is 38.3 Å². The van der Waals surface area contributed by atoms with Gasteiger partial charge >= 0.3 is 0 Å². The smallest absolute Gasteiger partial charge is 0.229 e. The Bertz CT molecular complexity index is 391. The number of nitrogens with one attached hydrogen (secondary N) is 1. The lowest BCUT2D eigenvalue weighted by Gasteiger charge is -2.18. The van der Waals surface area contributed by atoms with Crippen molar-refractivity contribution in [3.05, 3.63) is 23.8 Å². The predicted octanol–water partition coefficient (Wildman–Crippen LogP) is 2.99. The van der Waals surface area contributed by atoms with Gasteiger partial charge < -0.3 is 10.1 Å². The number of aryl methyl sites for hydroxylation is 1. The lowest BCUT2D eigenvalue weighted by Crippen LogP contribution is -2.27. The molecule has 16 heavy (non-hydrogen) atoms. The quantitative estimate of drug-likeness (QED) is 0.833. The van der Waals surface area contributed by atoms with Gasteiger partial charge in [-0.05, 0) is 18.6 Å². The van der Waals surface area contributed by atoms with Crippen LogP contribution in [0.1, 0.15) is 26.3 Å². The Kier molecular flexibility index (Phi) is 3.58.